The molecule has 0 spiro atoms. The second-order valence-electron chi connectivity index (χ2n) is 4.30. The van der Waals surface area contributed by atoms with Crippen LogP contribution in [-0.4, -0.2) is 6.61 Å². The first-order valence-electron chi connectivity index (χ1n) is 6.09. The van der Waals surface area contributed by atoms with Gasteiger partial charge in [-0.3, -0.25) is 0 Å². The molecule has 0 aromatic heterocycles. The first-order chi connectivity index (χ1) is 10.4. The van der Waals surface area contributed by atoms with E-state index in [0.29, 0.717) is 20.9 Å². The monoisotopic (exact) mass is 394 g/mol. The topological polar surface area (TPSA) is 47.3 Å². The van der Waals surface area contributed by atoms with Crippen molar-refractivity contribution in [2.24, 2.45) is 0 Å². The van der Waals surface area contributed by atoms with Gasteiger partial charge in [0, 0.05) is 21.6 Å². The summed E-state index contributed by atoms with van der Waals surface area (Å²) in [7, 11) is 0. The minimum Gasteiger partial charge on any atom is -0.431 e. The Morgan fingerprint density at radius 2 is 2.00 bits per heavy atom. The van der Waals surface area contributed by atoms with Crippen molar-refractivity contribution in [1.82, 2.24) is 0 Å². The van der Waals surface area contributed by atoms with E-state index in [0.717, 1.165) is 6.07 Å². The van der Waals surface area contributed by atoms with Gasteiger partial charge in [0.15, 0.2) is 11.6 Å². The third-order valence-electron chi connectivity index (χ3n) is 2.83. The summed E-state index contributed by atoms with van der Waals surface area (Å²) in [6.45, 7) is -3.11. The van der Waals surface area contributed by atoms with E-state index in [4.69, 9.17) is 17.3 Å². The average Bonchev–Trinajstić information content (AvgIpc) is 2.45. The molecule has 22 heavy (non-hydrogen) atoms. The number of nitrogens with two attached hydrogens (primary N) is 1. The Morgan fingerprint density at radius 3 is 2.68 bits per heavy atom. The zero-order chi connectivity index (χ0) is 16.3. The zero-order valence-electron chi connectivity index (χ0n) is 11.0. The van der Waals surface area contributed by atoms with Crippen LogP contribution < -0.4 is 15.8 Å². The summed E-state index contributed by atoms with van der Waals surface area (Å²) >= 11 is 9.06. The smallest absolute Gasteiger partial charge is 0.387 e. The number of alkyl halides is 2. The maximum atomic E-state index is 13.7. The van der Waals surface area contributed by atoms with Crippen LogP contribution in [0.15, 0.2) is 34.8 Å². The van der Waals surface area contributed by atoms with E-state index in [1.54, 1.807) is 18.2 Å². The van der Waals surface area contributed by atoms with E-state index in [-0.39, 0.29) is 12.1 Å². The van der Waals surface area contributed by atoms with Gasteiger partial charge in [-0.15, -0.1) is 0 Å². The van der Waals surface area contributed by atoms with Crippen molar-refractivity contribution in [2.75, 3.05) is 11.1 Å². The molecule has 118 valence electrons. The predicted molar refractivity (Wildman–Crippen MR) is 83.9 cm³/mol. The molecule has 0 amide bonds. The Bertz CT molecular complexity index is 685. The number of hydrogen-bond donors (Lipinski definition) is 2. The molecule has 0 aliphatic carbocycles. The molecule has 0 saturated heterocycles. The van der Waals surface area contributed by atoms with Crippen molar-refractivity contribution in [3.8, 4) is 5.75 Å². The molecule has 0 heterocycles. The quantitative estimate of drug-likeness (QED) is 0.698. The molecule has 2 rings (SSSR count). The summed E-state index contributed by atoms with van der Waals surface area (Å²) in [5.41, 5.74) is 6.92. The number of nitrogen functional groups attached to an aromatic ring is 1. The molecule has 0 fully saturated rings. The Morgan fingerprint density at radius 1 is 1.27 bits per heavy atom. The first-order valence-corrected chi connectivity index (χ1v) is 7.26. The Labute approximate surface area is 138 Å². The number of hydrogen-bond acceptors (Lipinski definition) is 3. The largest absolute Gasteiger partial charge is 0.431 e. The molecule has 3 N–H and O–H groups in total. The van der Waals surface area contributed by atoms with E-state index < -0.39 is 18.2 Å². The fraction of sp³-hybridized carbons (Fsp3) is 0.143. The normalized spacial score (nSPS) is 10.8. The minimum atomic E-state index is -3.13. The van der Waals surface area contributed by atoms with E-state index >= 15 is 0 Å². The Hall–Kier alpha value is -1.60. The lowest BCUT2D eigenvalue weighted by molar-refractivity contribution is -0.0528. The van der Waals surface area contributed by atoms with Gasteiger partial charge in [0.2, 0.25) is 0 Å². The summed E-state index contributed by atoms with van der Waals surface area (Å²) in [4.78, 5) is 0. The first kappa shape index (κ1) is 16.8. The fourth-order valence-electron chi connectivity index (χ4n) is 1.82. The SMILES string of the molecule is Nc1ccc(Cl)cc1NCc1c(Br)ccc(F)c1OC(F)F. The van der Waals surface area contributed by atoms with Crippen LogP contribution >= 0.6 is 27.5 Å². The average molecular weight is 396 g/mol. The lowest BCUT2D eigenvalue weighted by Gasteiger charge is -2.15. The summed E-state index contributed by atoms with van der Waals surface area (Å²) in [6.07, 6.45) is 0. The van der Waals surface area contributed by atoms with Crippen molar-refractivity contribution in [2.45, 2.75) is 13.2 Å². The van der Waals surface area contributed by atoms with Gasteiger partial charge in [-0.2, -0.15) is 8.78 Å². The third-order valence-corrected chi connectivity index (χ3v) is 3.81. The minimum absolute atomic E-state index is 0.0188. The molecule has 2 aromatic rings. The molecule has 8 heteroatoms. The number of ether oxygens (including phenoxy) is 1. The number of nitrogens with one attached hydrogen (secondary N) is 1. The van der Waals surface area contributed by atoms with Gasteiger partial charge in [-0.25, -0.2) is 4.39 Å². The number of rotatable bonds is 5. The van der Waals surface area contributed by atoms with E-state index in [9.17, 15) is 13.2 Å². The second-order valence-corrected chi connectivity index (χ2v) is 5.59. The molecule has 0 saturated carbocycles. The molecule has 2 aromatic carbocycles. The van der Waals surface area contributed by atoms with Gasteiger partial charge in [0.1, 0.15) is 0 Å². The van der Waals surface area contributed by atoms with Gasteiger partial charge in [0.05, 0.1) is 11.4 Å². The van der Waals surface area contributed by atoms with E-state index in [2.05, 4.69) is 26.0 Å². The van der Waals surface area contributed by atoms with Crippen LogP contribution in [-0.2, 0) is 6.54 Å². The summed E-state index contributed by atoms with van der Waals surface area (Å²) in [6, 6.07) is 7.25. The van der Waals surface area contributed by atoms with Crippen LogP contribution in [0.5, 0.6) is 5.75 Å². The summed E-state index contributed by atoms with van der Waals surface area (Å²) in [5, 5.41) is 3.38. The number of halogens is 5. The Kier molecular flexibility index (Phi) is 5.42. The van der Waals surface area contributed by atoms with Crippen molar-refractivity contribution in [3.63, 3.8) is 0 Å². The Balaban J connectivity index is 2.29. The molecule has 0 bridgehead atoms. The summed E-state index contributed by atoms with van der Waals surface area (Å²) in [5.74, 6) is -1.39. The van der Waals surface area contributed by atoms with Crippen molar-refractivity contribution in [3.05, 3.63) is 51.2 Å². The van der Waals surface area contributed by atoms with Crippen LogP contribution in [0, 0.1) is 5.82 Å². The van der Waals surface area contributed by atoms with Crippen LogP contribution in [0.25, 0.3) is 0 Å². The van der Waals surface area contributed by atoms with Crippen molar-refractivity contribution < 1.29 is 17.9 Å². The van der Waals surface area contributed by atoms with Crippen molar-refractivity contribution >= 4 is 38.9 Å². The molecular weight excluding hydrogens is 385 g/mol. The highest BCUT2D eigenvalue weighted by Gasteiger charge is 2.18. The van der Waals surface area contributed by atoms with Gasteiger partial charge < -0.3 is 15.8 Å². The lowest BCUT2D eigenvalue weighted by atomic mass is 10.1. The van der Waals surface area contributed by atoms with E-state index in [1.807, 2.05) is 0 Å². The standard InChI is InChI=1S/C14H11BrClF3N2O/c15-9-2-3-10(17)13(22-14(18)19)8(9)6-21-12-5-7(16)1-4-11(12)20/h1-5,14,21H,6,20H2. The highest BCUT2D eigenvalue weighted by Crippen LogP contribution is 2.32. The predicted octanol–water partition coefficient (Wildman–Crippen LogP) is 5.04. The number of benzene rings is 2. The van der Waals surface area contributed by atoms with Crippen LogP contribution in [0.4, 0.5) is 24.5 Å². The van der Waals surface area contributed by atoms with Crippen molar-refractivity contribution in [1.29, 1.82) is 0 Å². The molecule has 0 aliphatic heterocycles. The third kappa shape index (κ3) is 3.98. The fourth-order valence-corrected chi connectivity index (χ4v) is 2.45. The second kappa shape index (κ2) is 7.11. The highest BCUT2D eigenvalue weighted by atomic mass is 79.9. The van der Waals surface area contributed by atoms with Crippen LogP contribution in [0.2, 0.25) is 5.02 Å². The maximum Gasteiger partial charge on any atom is 0.387 e. The van der Waals surface area contributed by atoms with Crippen LogP contribution in [0.3, 0.4) is 0 Å². The molecular formula is C14H11BrClF3N2O. The molecule has 0 unspecified atom stereocenters. The van der Waals surface area contributed by atoms with Gasteiger partial charge >= 0.3 is 6.61 Å². The van der Waals surface area contributed by atoms with Gasteiger partial charge in [0.25, 0.3) is 0 Å². The van der Waals surface area contributed by atoms with Crippen LogP contribution in [0.1, 0.15) is 5.56 Å². The lowest BCUT2D eigenvalue weighted by Crippen LogP contribution is -2.10. The number of anilines is 2. The molecule has 0 atom stereocenters. The molecule has 3 nitrogen and oxygen atoms in total. The summed E-state index contributed by atoms with van der Waals surface area (Å²) < 4.78 is 43.3. The van der Waals surface area contributed by atoms with Gasteiger partial charge in [-0.05, 0) is 30.3 Å². The van der Waals surface area contributed by atoms with E-state index in [1.165, 1.54) is 6.07 Å². The highest BCUT2D eigenvalue weighted by molar-refractivity contribution is 9.10. The zero-order valence-corrected chi connectivity index (χ0v) is 13.4. The molecule has 0 radical (unpaired) electrons. The van der Waals surface area contributed by atoms with Gasteiger partial charge in [-0.1, -0.05) is 27.5 Å². The molecule has 0 aliphatic rings. The maximum absolute atomic E-state index is 13.7.